The molecular formula is C26H28N4O4. The van der Waals surface area contributed by atoms with Crippen molar-refractivity contribution in [2.24, 2.45) is 5.41 Å². The molecule has 0 aliphatic carbocycles. The van der Waals surface area contributed by atoms with Gasteiger partial charge in [-0.3, -0.25) is 4.79 Å². The number of pyridine rings is 1. The number of hydrogen-bond donors (Lipinski definition) is 4. The number of imidazole rings is 1. The van der Waals surface area contributed by atoms with Crippen molar-refractivity contribution >= 4 is 16.9 Å². The van der Waals surface area contributed by atoms with Crippen LogP contribution in [0.3, 0.4) is 0 Å². The van der Waals surface area contributed by atoms with Crippen molar-refractivity contribution in [3.63, 3.8) is 0 Å². The summed E-state index contributed by atoms with van der Waals surface area (Å²) >= 11 is 0. The van der Waals surface area contributed by atoms with Crippen molar-refractivity contribution in [3.05, 3.63) is 60.3 Å². The van der Waals surface area contributed by atoms with E-state index in [1.54, 1.807) is 43.6 Å². The van der Waals surface area contributed by atoms with Gasteiger partial charge in [-0.25, -0.2) is 9.97 Å². The van der Waals surface area contributed by atoms with E-state index in [9.17, 15) is 15.0 Å². The minimum absolute atomic E-state index is 0.0691. The number of aliphatic hydroxyl groups is 1. The molecule has 1 atom stereocenters. The number of methoxy groups -OCH3 is 1. The van der Waals surface area contributed by atoms with Gasteiger partial charge in [-0.2, -0.15) is 0 Å². The third-order valence-electron chi connectivity index (χ3n) is 5.81. The number of carbonyl (C=O) groups excluding carboxylic acids is 1. The Morgan fingerprint density at radius 2 is 1.94 bits per heavy atom. The standard InChI is InChI=1S/C26H28N4O4/c1-26(2,3)22(14-31)30-24(33)16-7-9-19-20(13-16)29-23(28-19)18-12-15(8-10-21(18)32)17-6-5-11-27-25(17)34-4/h5-13,22,31-32H,14H2,1-4H3,(H,28,29)(H,30,33)/t22-/m1/s1. The zero-order valence-corrected chi connectivity index (χ0v) is 19.6. The van der Waals surface area contributed by atoms with Gasteiger partial charge in [0.05, 0.1) is 36.4 Å². The van der Waals surface area contributed by atoms with Crippen LogP contribution >= 0.6 is 0 Å². The monoisotopic (exact) mass is 460 g/mol. The third kappa shape index (κ3) is 4.58. The Balaban J connectivity index is 1.68. The predicted octanol–water partition coefficient (Wildman–Crippen LogP) is 4.14. The molecular weight excluding hydrogens is 432 g/mol. The second-order valence-electron chi connectivity index (χ2n) is 9.18. The number of nitrogens with one attached hydrogen (secondary N) is 2. The van der Waals surface area contributed by atoms with Gasteiger partial charge in [0.15, 0.2) is 0 Å². The van der Waals surface area contributed by atoms with Crippen molar-refractivity contribution in [1.82, 2.24) is 20.3 Å². The van der Waals surface area contributed by atoms with Crippen LogP contribution in [0.4, 0.5) is 0 Å². The first-order chi connectivity index (χ1) is 16.2. The van der Waals surface area contributed by atoms with Gasteiger partial charge in [-0.05, 0) is 53.4 Å². The highest BCUT2D eigenvalue weighted by Gasteiger charge is 2.26. The van der Waals surface area contributed by atoms with E-state index < -0.39 is 0 Å². The molecule has 8 heteroatoms. The maximum atomic E-state index is 12.8. The number of benzene rings is 2. The van der Waals surface area contributed by atoms with E-state index >= 15 is 0 Å². The average molecular weight is 461 g/mol. The van der Waals surface area contributed by atoms with E-state index in [2.05, 4.69) is 20.3 Å². The molecule has 4 rings (SSSR count). The van der Waals surface area contributed by atoms with Crippen molar-refractivity contribution in [1.29, 1.82) is 0 Å². The summed E-state index contributed by atoms with van der Waals surface area (Å²) in [6.45, 7) is 5.72. The molecule has 0 spiro atoms. The maximum absolute atomic E-state index is 12.8. The van der Waals surface area contributed by atoms with Crippen LogP contribution in [0.25, 0.3) is 33.5 Å². The van der Waals surface area contributed by atoms with E-state index in [4.69, 9.17) is 4.74 Å². The fourth-order valence-electron chi connectivity index (χ4n) is 3.72. The molecule has 0 aliphatic rings. The number of carbonyl (C=O) groups is 1. The highest BCUT2D eigenvalue weighted by atomic mass is 16.5. The Bertz CT molecular complexity index is 1340. The van der Waals surface area contributed by atoms with Crippen LogP contribution in [0.5, 0.6) is 11.6 Å². The molecule has 8 nitrogen and oxygen atoms in total. The zero-order valence-electron chi connectivity index (χ0n) is 19.6. The van der Waals surface area contributed by atoms with E-state index in [1.165, 1.54) is 0 Å². The van der Waals surface area contributed by atoms with Gasteiger partial charge in [0.25, 0.3) is 5.91 Å². The fourth-order valence-corrected chi connectivity index (χ4v) is 3.72. The molecule has 4 aromatic rings. The molecule has 0 radical (unpaired) electrons. The first-order valence-corrected chi connectivity index (χ1v) is 11.0. The van der Waals surface area contributed by atoms with E-state index in [-0.39, 0.29) is 29.7 Å². The van der Waals surface area contributed by atoms with Gasteiger partial charge in [-0.15, -0.1) is 0 Å². The fraction of sp³-hybridized carbons (Fsp3) is 0.269. The number of amides is 1. The molecule has 0 saturated carbocycles. The summed E-state index contributed by atoms with van der Waals surface area (Å²) in [5.41, 5.74) is 3.58. The first kappa shape index (κ1) is 23.3. The SMILES string of the molecule is COc1ncccc1-c1ccc(O)c(-c2nc3cc(C(=O)N[C@H](CO)C(C)(C)C)ccc3[nH]2)c1. The summed E-state index contributed by atoms with van der Waals surface area (Å²) in [7, 11) is 1.56. The second kappa shape index (κ2) is 9.15. The number of nitrogens with zero attached hydrogens (tertiary/aromatic N) is 2. The Morgan fingerprint density at radius 3 is 2.65 bits per heavy atom. The number of aromatic amines is 1. The Kier molecular flexibility index (Phi) is 6.26. The van der Waals surface area contributed by atoms with Gasteiger partial charge < -0.3 is 25.3 Å². The topological polar surface area (TPSA) is 120 Å². The average Bonchev–Trinajstić information content (AvgIpc) is 3.25. The first-order valence-electron chi connectivity index (χ1n) is 11.0. The number of aliphatic hydroxyl groups excluding tert-OH is 1. The molecule has 2 heterocycles. The summed E-state index contributed by atoms with van der Waals surface area (Å²) in [6, 6.07) is 13.7. The van der Waals surface area contributed by atoms with Crippen molar-refractivity contribution in [3.8, 4) is 34.1 Å². The lowest BCUT2D eigenvalue weighted by Crippen LogP contribution is -2.46. The van der Waals surface area contributed by atoms with Gasteiger partial charge >= 0.3 is 0 Å². The van der Waals surface area contributed by atoms with Crippen LogP contribution in [0.15, 0.2) is 54.7 Å². The van der Waals surface area contributed by atoms with E-state index in [0.717, 1.165) is 16.6 Å². The lowest BCUT2D eigenvalue weighted by atomic mass is 9.87. The van der Waals surface area contributed by atoms with Crippen LogP contribution < -0.4 is 10.1 Å². The number of phenolic OH excluding ortho intramolecular Hbond substituents is 1. The molecule has 4 N–H and O–H groups in total. The molecule has 0 saturated heterocycles. The van der Waals surface area contributed by atoms with Crippen molar-refractivity contribution in [2.75, 3.05) is 13.7 Å². The highest BCUT2D eigenvalue weighted by molar-refractivity contribution is 5.98. The quantitative estimate of drug-likeness (QED) is 0.343. The number of hydrogen-bond acceptors (Lipinski definition) is 6. The summed E-state index contributed by atoms with van der Waals surface area (Å²) in [5.74, 6) is 0.738. The van der Waals surface area contributed by atoms with Crippen LogP contribution in [-0.4, -0.2) is 50.8 Å². The molecule has 0 aliphatic heterocycles. The lowest BCUT2D eigenvalue weighted by Gasteiger charge is -2.29. The van der Waals surface area contributed by atoms with Crippen molar-refractivity contribution < 1.29 is 19.7 Å². The van der Waals surface area contributed by atoms with Gasteiger partial charge in [-0.1, -0.05) is 26.8 Å². The van der Waals surface area contributed by atoms with Crippen LogP contribution in [0.2, 0.25) is 0 Å². The predicted molar refractivity (Wildman–Crippen MR) is 131 cm³/mol. The van der Waals surface area contributed by atoms with E-state index in [1.807, 2.05) is 39.0 Å². The second-order valence-corrected chi connectivity index (χ2v) is 9.18. The Hall–Kier alpha value is -3.91. The molecule has 34 heavy (non-hydrogen) atoms. The number of aromatic nitrogens is 3. The lowest BCUT2D eigenvalue weighted by molar-refractivity contribution is 0.0848. The molecule has 0 fully saturated rings. The summed E-state index contributed by atoms with van der Waals surface area (Å²) < 4.78 is 5.36. The van der Waals surface area contributed by atoms with Gasteiger partial charge in [0.1, 0.15) is 11.6 Å². The molecule has 176 valence electrons. The minimum atomic E-state index is -0.380. The van der Waals surface area contributed by atoms with Crippen molar-refractivity contribution in [2.45, 2.75) is 26.8 Å². The van der Waals surface area contributed by atoms with Gasteiger partial charge in [0.2, 0.25) is 5.88 Å². The van der Waals surface area contributed by atoms with Crippen LogP contribution in [0.1, 0.15) is 31.1 Å². The van der Waals surface area contributed by atoms with Gasteiger partial charge in [0, 0.05) is 17.3 Å². The minimum Gasteiger partial charge on any atom is -0.507 e. The largest absolute Gasteiger partial charge is 0.507 e. The summed E-state index contributed by atoms with van der Waals surface area (Å²) in [5, 5.41) is 23.1. The number of fused-ring (bicyclic) bond motifs is 1. The normalized spacial score (nSPS) is 12.5. The number of aromatic hydroxyl groups is 1. The van der Waals surface area contributed by atoms with Crippen LogP contribution in [0, 0.1) is 5.41 Å². The number of phenols is 1. The summed E-state index contributed by atoms with van der Waals surface area (Å²) in [4.78, 5) is 24.9. The zero-order chi connectivity index (χ0) is 24.5. The van der Waals surface area contributed by atoms with E-state index in [0.29, 0.717) is 28.3 Å². The maximum Gasteiger partial charge on any atom is 0.251 e. The number of rotatable bonds is 6. The number of ether oxygens (including phenoxy) is 1. The summed E-state index contributed by atoms with van der Waals surface area (Å²) in [6.07, 6.45) is 1.65. The third-order valence-corrected chi connectivity index (χ3v) is 5.81. The Morgan fingerprint density at radius 1 is 1.15 bits per heavy atom. The number of H-pyrrole nitrogens is 1. The molecule has 1 amide bonds. The molecule has 2 aromatic heterocycles. The molecule has 0 unspecified atom stereocenters. The molecule has 2 aromatic carbocycles. The highest BCUT2D eigenvalue weighted by Crippen LogP contribution is 2.35. The smallest absolute Gasteiger partial charge is 0.251 e. The van der Waals surface area contributed by atoms with Crippen LogP contribution in [-0.2, 0) is 0 Å². The Labute approximate surface area is 197 Å². The molecule has 0 bridgehead atoms.